The average Bonchev–Trinajstić information content (AvgIpc) is 2.88. The molecular formula is C19H19FN2O2S. The van der Waals surface area contributed by atoms with Gasteiger partial charge in [-0.15, -0.1) is 12.6 Å². The Morgan fingerprint density at radius 1 is 0.840 bits per heavy atom. The molecule has 130 valence electrons. The summed E-state index contributed by atoms with van der Waals surface area (Å²) in [6.45, 7) is 2.08. The maximum absolute atomic E-state index is 13.0. The first-order chi connectivity index (χ1) is 12.1. The van der Waals surface area contributed by atoms with E-state index in [1.165, 1.54) is 24.3 Å². The normalized spacial score (nSPS) is 15.0. The van der Waals surface area contributed by atoms with E-state index < -0.39 is 0 Å². The van der Waals surface area contributed by atoms with Gasteiger partial charge in [-0.1, -0.05) is 12.1 Å². The van der Waals surface area contributed by atoms with Crippen molar-refractivity contribution in [3.8, 4) is 0 Å². The Bertz CT molecular complexity index is 779. The van der Waals surface area contributed by atoms with Gasteiger partial charge >= 0.3 is 0 Å². The summed E-state index contributed by atoms with van der Waals surface area (Å²) in [5.74, 6) is -0.569. The van der Waals surface area contributed by atoms with E-state index >= 15 is 0 Å². The fourth-order valence-electron chi connectivity index (χ4n) is 2.92. The number of rotatable bonds is 2. The standard InChI is InChI=1S/C19H19FN2O2S/c20-15-8-6-14(7-9-15)18(23)21-10-3-11-22(13-12-21)19(24)16-4-1-2-5-17(16)25/h1-2,4-9,25H,3,10-13H2. The van der Waals surface area contributed by atoms with Crippen LogP contribution in [0.1, 0.15) is 27.1 Å². The van der Waals surface area contributed by atoms with Crippen LogP contribution in [0.25, 0.3) is 0 Å². The van der Waals surface area contributed by atoms with Crippen LogP contribution in [-0.4, -0.2) is 47.8 Å². The van der Waals surface area contributed by atoms with Gasteiger partial charge in [0.1, 0.15) is 5.82 Å². The Morgan fingerprint density at radius 3 is 2.08 bits per heavy atom. The van der Waals surface area contributed by atoms with Gasteiger partial charge in [-0.25, -0.2) is 4.39 Å². The summed E-state index contributed by atoms with van der Waals surface area (Å²) in [5, 5.41) is 0. The highest BCUT2D eigenvalue weighted by atomic mass is 32.1. The van der Waals surface area contributed by atoms with E-state index in [1.54, 1.807) is 21.9 Å². The van der Waals surface area contributed by atoms with E-state index in [2.05, 4.69) is 12.6 Å². The number of carbonyl (C=O) groups is 2. The average molecular weight is 358 g/mol. The zero-order valence-electron chi connectivity index (χ0n) is 13.7. The fraction of sp³-hybridized carbons (Fsp3) is 0.263. The van der Waals surface area contributed by atoms with Crippen molar-refractivity contribution in [2.24, 2.45) is 0 Å². The molecule has 0 saturated carbocycles. The molecule has 2 aromatic rings. The highest BCUT2D eigenvalue weighted by Crippen LogP contribution is 2.17. The molecule has 0 unspecified atom stereocenters. The van der Waals surface area contributed by atoms with E-state index in [9.17, 15) is 14.0 Å². The second kappa shape index (κ2) is 7.70. The molecule has 0 aromatic heterocycles. The molecule has 0 radical (unpaired) electrons. The summed E-state index contributed by atoms with van der Waals surface area (Å²) < 4.78 is 13.0. The number of thiol groups is 1. The molecule has 2 amide bonds. The number of hydrogen-bond acceptors (Lipinski definition) is 3. The van der Waals surface area contributed by atoms with Crippen molar-refractivity contribution < 1.29 is 14.0 Å². The van der Waals surface area contributed by atoms with Crippen LogP contribution < -0.4 is 0 Å². The summed E-state index contributed by atoms with van der Waals surface area (Å²) in [6, 6.07) is 12.7. The molecule has 3 rings (SSSR count). The largest absolute Gasteiger partial charge is 0.337 e. The monoisotopic (exact) mass is 358 g/mol. The molecule has 4 nitrogen and oxygen atoms in total. The molecule has 0 spiro atoms. The molecule has 6 heteroatoms. The molecule has 1 aliphatic rings. The molecule has 25 heavy (non-hydrogen) atoms. The third-order valence-electron chi connectivity index (χ3n) is 4.30. The summed E-state index contributed by atoms with van der Waals surface area (Å²) >= 11 is 4.35. The maximum atomic E-state index is 13.0. The van der Waals surface area contributed by atoms with E-state index in [1.807, 2.05) is 12.1 Å². The lowest BCUT2D eigenvalue weighted by Crippen LogP contribution is -2.37. The smallest absolute Gasteiger partial charge is 0.255 e. The highest BCUT2D eigenvalue weighted by molar-refractivity contribution is 7.80. The van der Waals surface area contributed by atoms with E-state index in [4.69, 9.17) is 0 Å². The van der Waals surface area contributed by atoms with Crippen LogP contribution in [-0.2, 0) is 0 Å². The molecule has 1 saturated heterocycles. The zero-order chi connectivity index (χ0) is 17.8. The number of amides is 2. The Hall–Kier alpha value is -2.34. The van der Waals surface area contributed by atoms with E-state index in [-0.39, 0.29) is 17.6 Å². The minimum Gasteiger partial charge on any atom is -0.337 e. The predicted octanol–water partition coefficient (Wildman–Crippen LogP) is 3.10. The minimum absolute atomic E-state index is 0.0679. The molecule has 1 heterocycles. The second-order valence-corrected chi connectivity index (χ2v) is 6.44. The fourth-order valence-corrected chi connectivity index (χ4v) is 3.18. The van der Waals surface area contributed by atoms with Crippen LogP contribution >= 0.6 is 12.6 Å². The van der Waals surface area contributed by atoms with Crippen molar-refractivity contribution in [2.45, 2.75) is 11.3 Å². The second-order valence-electron chi connectivity index (χ2n) is 5.96. The summed E-state index contributed by atoms with van der Waals surface area (Å²) in [7, 11) is 0. The highest BCUT2D eigenvalue weighted by Gasteiger charge is 2.24. The van der Waals surface area contributed by atoms with Crippen molar-refractivity contribution in [3.63, 3.8) is 0 Å². The number of carbonyl (C=O) groups excluding carboxylic acids is 2. The van der Waals surface area contributed by atoms with Gasteiger partial charge in [-0.05, 0) is 42.8 Å². The van der Waals surface area contributed by atoms with Crippen molar-refractivity contribution >= 4 is 24.4 Å². The zero-order valence-corrected chi connectivity index (χ0v) is 14.6. The van der Waals surface area contributed by atoms with Gasteiger partial charge in [-0.2, -0.15) is 0 Å². The lowest BCUT2D eigenvalue weighted by Gasteiger charge is -2.22. The summed E-state index contributed by atoms with van der Waals surface area (Å²) in [6.07, 6.45) is 0.702. The van der Waals surface area contributed by atoms with E-state index in [0.717, 1.165) is 0 Å². The first-order valence-electron chi connectivity index (χ1n) is 8.18. The van der Waals surface area contributed by atoms with Crippen LogP contribution in [0, 0.1) is 5.82 Å². The molecule has 0 atom stereocenters. The minimum atomic E-state index is -0.366. The van der Waals surface area contributed by atoms with Gasteiger partial charge in [0, 0.05) is 36.6 Å². The van der Waals surface area contributed by atoms with Crippen LogP contribution in [0.15, 0.2) is 53.4 Å². The maximum Gasteiger partial charge on any atom is 0.255 e. The lowest BCUT2D eigenvalue weighted by molar-refractivity contribution is 0.0717. The van der Waals surface area contributed by atoms with Crippen molar-refractivity contribution in [1.82, 2.24) is 9.80 Å². The Labute approximate surface area is 151 Å². The van der Waals surface area contributed by atoms with Crippen LogP contribution in [0.3, 0.4) is 0 Å². The number of nitrogens with zero attached hydrogens (tertiary/aromatic N) is 2. The van der Waals surface area contributed by atoms with Crippen LogP contribution in [0.5, 0.6) is 0 Å². The predicted molar refractivity (Wildman–Crippen MR) is 96.5 cm³/mol. The molecule has 1 aliphatic heterocycles. The lowest BCUT2D eigenvalue weighted by atomic mass is 10.2. The molecule has 1 fully saturated rings. The van der Waals surface area contributed by atoms with Crippen molar-refractivity contribution in [3.05, 3.63) is 65.5 Å². The Kier molecular flexibility index (Phi) is 5.38. The third kappa shape index (κ3) is 4.02. The quantitative estimate of drug-likeness (QED) is 0.838. The first-order valence-corrected chi connectivity index (χ1v) is 8.63. The Balaban J connectivity index is 1.68. The number of hydrogen-bond donors (Lipinski definition) is 1. The third-order valence-corrected chi connectivity index (χ3v) is 4.69. The SMILES string of the molecule is O=C(c1ccc(F)cc1)N1CCCN(C(=O)c2ccccc2S)CC1. The number of halogens is 1. The summed E-state index contributed by atoms with van der Waals surface area (Å²) in [5.41, 5.74) is 1.03. The van der Waals surface area contributed by atoms with Crippen LogP contribution in [0.4, 0.5) is 4.39 Å². The van der Waals surface area contributed by atoms with Crippen molar-refractivity contribution in [1.29, 1.82) is 0 Å². The van der Waals surface area contributed by atoms with Gasteiger partial charge in [0.2, 0.25) is 0 Å². The van der Waals surface area contributed by atoms with Gasteiger partial charge in [0.05, 0.1) is 5.56 Å². The number of benzene rings is 2. The first kappa shape index (κ1) is 17.5. The summed E-state index contributed by atoms with van der Waals surface area (Å²) in [4.78, 5) is 29.4. The molecule has 0 aliphatic carbocycles. The molecule has 0 bridgehead atoms. The van der Waals surface area contributed by atoms with Crippen LogP contribution in [0.2, 0.25) is 0 Å². The van der Waals surface area contributed by atoms with Gasteiger partial charge < -0.3 is 9.80 Å². The van der Waals surface area contributed by atoms with Gasteiger partial charge in [0.25, 0.3) is 11.8 Å². The molecule has 2 aromatic carbocycles. The topological polar surface area (TPSA) is 40.6 Å². The Morgan fingerprint density at radius 2 is 1.44 bits per heavy atom. The van der Waals surface area contributed by atoms with E-state index in [0.29, 0.717) is 48.6 Å². The van der Waals surface area contributed by atoms with Crippen molar-refractivity contribution in [2.75, 3.05) is 26.2 Å². The molecular weight excluding hydrogens is 339 g/mol. The van der Waals surface area contributed by atoms with Gasteiger partial charge in [0.15, 0.2) is 0 Å². The molecule has 0 N–H and O–H groups in total. The van der Waals surface area contributed by atoms with Gasteiger partial charge in [-0.3, -0.25) is 9.59 Å².